The van der Waals surface area contributed by atoms with E-state index < -0.39 is 17.7 Å². The van der Waals surface area contributed by atoms with Gasteiger partial charge in [-0.25, -0.2) is 4.39 Å². The molecule has 0 unspecified atom stereocenters. The van der Waals surface area contributed by atoms with Crippen LogP contribution in [0.2, 0.25) is 5.02 Å². The largest absolute Gasteiger partial charge is 0.469 e. The SMILES string of the molecule is COC(=O)CCN(Cc1ccccc1Cl)C(=O)c1ccccc1F. The van der Waals surface area contributed by atoms with Gasteiger partial charge in [0.05, 0.1) is 19.1 Å². The maximum Gasteiger partial charge on any atom is 0.307 e. The van der Waals surface area contributed by atoms with Gasteiger partial charge in [-0.2, -0.15) is 0 Å². The fourth-order valence-electron chi connectivity index (χ4n) is 2.22. The number of amides is 1. The molecule has 0 fully saturated rings. The molecule has 0 aliphatic heterocycles. The molecule has 0 aromatic heterocycles. The molecule has 0 heterocycles. The number of carbonyl (C=O) groups excluding carboxylic acids is 2. The standard InChI is InChI=1S/C18H17ClFNO3/c1-24-17(22)10-11-21(12-13-6-2-4-8-15(13)19)18(23)14-7-3-5-9-16(14)20/h2-9H,10-12H2,1H3. The smallest absolute Gasteiger partial charge is 0.307 e. The number of hydrogen-bond donors (Lipinski definition) is 0. The lowest BCUT2D eigenvalue weighted by Crippen LogP contribution is -2.33. The molecule has 0 saturated carbocycles. The zero-order valence-corrected chi connectivity index (χ0v) is 13.9. The molecule has 1 amide bonds. The lowest BCUT2D eigenvalue weighted by molar-refractivity contribution is -0.140. The van der Waals surface area contributed by atoms with E-state index >= 15 is 0 Å². The number of carbonyl (C=O) groups is 2. The Morgan fingerprint density at radius 1 is 1.12 bits per heavy atom. The van der Waals surface area contributed by atoms with Gasteiger partial charge in [0.2, 0.25) is 0 Å². The predicted octanol–water partition coefficient (Wildman–Crippen LogP) is 3.68. The van der Waals surface area contributed by atoms with Crippen molar-refractivity contribution in [2.75, 3.05) is 13.7 Å². The molecule has 0 radical (unpaired) electrons. The number of benzene rings is 2. The molecule has 24 heavy (non-hydrogen) atoms. The molecule has 4 nitrogen and oxygen atoms in total. The molecule has 2 rings (SSSR count). The summed E-state index contributed by atoms with van der Waals surface area (Å²) in [6.07, 6.45) is 0.0150. The summed E-state index contributed by atoms with van der Waals surface area (Å²) in [6.45, 7) is 0.273. The second-order valence-corrected chi connectivity index (χ2v) is 5.53. The van der Waals surface area contributed by atoms with Crippen LogP contribution in [0.25, 0.3) is 0 Å². The van der Waals surface area contributed by atoms with Crippen LogP contribution in [0.5, 0.6) is 0 Å². The van der Waals surface area contributed by atoms with E-state index in [0.29, 0.717) is 10.6 Å². The molecule has 126 valence electrons. The summed E-state index contributed by atoms with van der Waals surface area (Å²) in [7, 11) is 1.28. The van der Waals surface area contributed by atoms with Crippen LogP contribution in [0.1, 0.15) is 22.3 Å². The summed E-state index contributed by atoms with van der Waals surface area (Å²) in [5.41, 5.74) is 0.670. The lowest BCUT2D eigenvalue weighted by atomic mass is 10.1. The molecule has 0 aliphatic carbocycles. The Bertz CT molecular complexity index is 736. The van der Waals surface area contributed by atoms with Crippen LogP contribution >= 0.6 is 11.6 Å². The summed E-state index contributed by atoms with van der Waals surface area (Å²) in [6, 6.07) is 12.8. The highest BCUT2D eigenvalue weighted by molar-refractivity contribution is 6.31. The Hall–Kier alpha value is -2.40. The molecule has 0 N–H and O–H groups in total. The van der Waals surface area contributed by atoms with Gasteiger partial charge in [-0.1, -0.05) is 41.9 Å². The molecule has 0 spiro atoms. The zero-order chi connectivity index (χ0) is 17.5. The Kier molecular flexibility index (Phi) is 6.32. The average molecular weight is 350 g/mol. The van der Waals surface area contributed by atoms with Gasteiger partial charge in [0.25, 0.3) is 5.91 Å². The third-order valence-corrected chi connectivity index (χ3v) is 3.89. The van der Waals surface area contributed by atoms with Gasteiger partial charge in [-0.3, -0.25) is 9.59 Å². The molecule has 2 aromatic rings. The van der Waals surface area contributed by atoms with E-state index in [9.17, 15) is 14.0 Å². The fourth-order valence-corrected chi connectivity index (χ4v) is 2.41. The third-order valence-electron chi connectivity index (χ3n) is 3.52. The van der Waals surface area contributed by atoms with Crippen LogP contribution in [-0.2, 0) is 16.1 Å². The summed E-state index contributed by atoms with van der Waals surface area (Å²) in [5, 5.41) is 0.502. The minimum Gasteiger partial charge on any atom is -0.469 e. The minimum absolute atomic E-state index is 0.0150. The fraction of sp³-hybridized carbons (Fsp3) is 0.222. The number of esters is 1. The first-order chi connectivity index (χ1) is 11.5. The Morgan fingerprint density at radius 3 is 2.46 bits per heavy atom. The topological polar surface area (TPSA) is 46.6 Å². The van der Waals surface area contributed by atoms with Gasteiger partial charge >= 0.3 is 5.97 Å². The number of hydrogen-bond acceptors (Lipinski definition) is 3. The highest BCUT2D eigenvalue weighted by Crippen LogP contribution is 2.19. The van der Waals surface area contributed by atoms with Crippen molar-refractivity contribution >= 4 is 23.5 Å². The minimum atomic E-state index is -0.607. The van der Waals surface area contributed by atoms with Crippen LogP contribution in [0.15, 0.2) is 48.5 Å². The summed E-state index contributed by atoms with van der Waals surface area (Å²) in [5.74, 6) is -1.55. The highest BCUT2D eigenvalue weighted by atomic mass is 35.5. The van der Waals surface area contributed by atoms with E-state index in [1.807, 2.05) is 0 Å². The molecule has 0 saturated heterocycles. The highest BCUT2D eigenvalue weighted by Gasteiger charge is 2.21. The van der Waals surface area contributed by atoms with Crippen molar-refractivity contribution in [3.05, 3.63) is 70.5 Å². The van der Waals surface area contributed by atoms with Crippen LogP contribution < -0.4 is 0 Å². The Balaban J connectivity index is 2.25. The van der Waals surface area contributed by atoms with E-state index in [0.717, 1.165) is 0 Å². The van der Waals surface area contributed by atoms with Crippen molar-refractivity contribution in [1.29, 1.82) is 0 Å². The number of halogens is 2. The first-order valence-electron chi connectivity index (χ1n) is 7.37. The number of methoxy groups -OCH3 is 1. The number of ether oxygens (including phenoxy) is 1. The summed E-state index contributed by atoms with van der Waals surface area (Å²) in [4.78, 5) is 25.5. The van der Waals surface area contributed by atoms with Gasteiger partial charge in [-0.05, 0) is 23.8 Å². The second kappa shape index (κ2) is 8.45. The van der Waals surface area contributed by atoms with Gasteiger partial charge < -0.3 is 9.64 Å². The van der Waals surface area contributed by atoms with Gasteiger partial charge in [-0.15, -0.1) is 0 Å². The Labute approximate surface area is 144 Å². The molecular weight excluding hydrogens is 333 g/mol. The second-order valence-electron chi connectivity index (χ2n) is 5.12. The molecule has 2 aromatic carbocycles. The van der Waals surface area contributed by atoms with Crippen molar-refractivity contribution in [2.45, 2.75) is 13.0 Å². The van der Waals surface area contributed by atoms with Crippen molar-refractivity contribution < 1.29 is 18.7 Å². The zero-order valence-electron chi connectivity index (χ0n) is 13.2. The quantitative estimate of drug-likeness (QED) is 0.747. The lowest BCUT2D eigenvalue weighted by Gasteiger charge is -2.23. The van der Waals surface area contributed by atoms with E-state index in [4.69, 9.17) is 11.6 Å². The summed E-state index contributed by atoms with van der Waals surface area (Å²) < 4.78 is 18.5. The van der Waals surface area contributed by atoms with E-state index in [2.05, 4.69) is 4.74 Å². The average Bonchev–Trinajstić information content (AvgIpc) is 2.59. The molecule has 0 bridgehead atoms. The predicted molar refractivity (Wildman–Crippen MR) is 89.2 cm³/mol. The maximum absolute atomic E-state index is 13.9. The van der Waals surface area contributed by atoms with Crippen molar-refractivity contribution in [3.8, 4) is 0 Å². The van der Waals surface area contributed by atoms with Crippen LogP contribution in [0, 0.1) is 5.82 Å². The van der Waals surface area contributed by atoms with Crippen molar-refractivity contribution in [3.63, 3.8) is 0 Å². The third kappa shape index (κ3) is 4.55. The molecule has 6 heteroatoms. The monoisotopic (exact) mass is 349 g/mol. The molecule has 0 aliphatic rings. The van der Waals surface area contributed by atoms with Crippen molar-refractivity contribution in [1.82, 2.24) is 4.90 Å². The summed E-state index contributed by atoms with van der Waals surface area (Å²) >= 11 is 6.14. The van der Waals surface area contributed by atoms with Gasteiger partial charge in [0, 0.05) is 18.1 Å². The van der Waals surface area contributed by atoms with E-state index in [-0.39, 0.29) is 25.1 Å². The first-order valence-corrected chi connectivity index (χ1v) is 7.74. The van der Waals surface area contributed by atoms with Crippen LogP contribution in [0.4, 0.5) is 4.39 Å². The first kappa shape index (κ1) is 17.9. The van der Waals surface area contributed by atoms with E-state index in [1.54, 1.807) is 30.3 Å². The Morgan fingerprint density at radius 2 is 1.79 bits per heavy atom. The maximum atomic E-state index is 13.9. The number of rotatable bonds is 6. The molecular formula is C18H17ClFNO3. The number of nitrogens with zero attached hydrogens (tertiary/aromatic N) is 1. The molecule has 0 atom stereocenters. The van der Waals surface area contributed by atoms with E-state index in [1.165, 1.54) is 30.2 Å². The normalized spacial score (nSPS) is 10.3. The van der Waals surface area contributed by atoms with Crippen molar-refractivity contribution in [2.24, 2.45) is 0 Å². The van der Waals surface area contributed by atoms with Crippen LogP contribution in [-0.4, -0.2) is 30.4 Å². The van der Waals surface area contributed by atoms with Gasteiger partial charge in [0.1, 0.15) is 5.82 Å². The van der Waals surface area contributed by atoms with Gasteiger partial charge in [0.15, 0.2) is 0 Å². The van der Waals surface area contributed by atoms with Crippen LogP contribution in [0.3, 0.4) is 0 Å².